The van der Waals surface area contributed by atoms with E-state index in [1.165, 1.54) is 6.07 Å². The van der Waals surface area contributed by atoms with Crippen molar-refractivity contribution in [3.05, 3.63) is 34.1 Å². The minimum Gasteiger partial charge on any atom is -0.465 e. The molecule has 1 heterocycles. The third kappa shape index (κ3) is 3.81. The maximum atomic E-state index is 14.1. The summed E-state index contributed by atoms with van der Waals surface area (Å²) in [5.74, 6) is -0.515. The lowest BCUT2D eigenvalue weighted by atomic mass is 10.0. The summed E-state index contributed by atoms with van der Waals surface area (Å²) < 4.78 is 20.0. The average molecular weight is 359 g/mol. The monoisotopic (exact) mass is 358 g/mol. The van der Waals surface area contributed by atoms with Crippen LogP contribution in [0.3, 0.4) is 0 Å². The van der Waals surface area contributed by atoms with Gasteiger partial charge in [-0.15, -0.1) is 0 Å². The molecule has 1 aromatic rings. The van der Waals surface area contributed by atoms with Gasteiger partial charge in [0, 0.05) is 35.7 Å². The molecule has 1 aliphatic heterocycles. The Morgan fingerprint density at radius 2 is 2.38 bits per heavy atom. The summed E-state index contributed by atoms with van der Waals surface area (Å²) in [4.78, 5) is 14.1. The maximum absolute atomic E-state index is 14.1. The molecule has 21 heavy (non-hydrogen) atoms. The molecule has 2 atom stereocenters. The van der Waals surface area contributed by atoms with Crippen molar-refractivity contribution in [1.82, 2.24) is 10.2 Å². The summed E-state index contributed by atoms with van der Waals surface area (Å²) in [7, 11) is 0. The number of hydrogen-bond donors (Lipinski definition) is 1. The first kappa shape index (κ1) is 16.4. The Hall–Kier alpha value is -0.980. The van der Waals surface area contributed by atoms with Gasteiger partial charge in [0.2, 0.25) is 0 Å². The molecule has 1 saturated heterocycles. The van der Waals surface area contributed by atoms with Gasteiger partial charge >= 0.3 is 5.97 Å². The smallest absolute Gasteiger partial charge is 0.324 e. The number of rotatable bonds is 4. The van der Waals surface area contributed by atoms with E-state index < -0.39 is 0 Å². The molecule has 1 N–H and O–H groups in total. The summed E-state index contributed by atoms with van der Waals surface area (Å²) in [6.07, 6.45) is 0. The minimum absolute atomic E-state index is 0.195. The van der Waals surface area contributed by atoms with Gasteiger partial charge in [-0.3, -0.25) is 9.69 Å². The zero-order valence-electron chi connectivity index (χ0n) is 12.2. The minimum atomic E-state index is -0.382. The van der Waals surface area contributed by atoms with Crippen LogP contribution in [0, 0.1) is 5.82 Å². The number of nitrogens with zero attached hydrogens (tertiary/aromatic N) is 1. The predicted octanol–water partition coefficient (Wildman–Crippen LogP) is 2.49. The van der Waals surface area contributed by atoms with Gasteiger partial charge in [-0.1, -0.05) is 15.9 Å². The van der Waals surface area contributed by atoms with Gasteiger partial charge < -0.3 is 10.1 Å². The average Bonchev–Trinajstić information content (AvgIpc) is 2.49. The van der Waals surface area contributed by atoms with Gasteiger partial charge in [0.05, 0.1) is 6.61 Å². The molecular weight excluding hydrogens is 339 g/mol. The fourth-order valence-corrected chi connectivity index (χ4v) is 3.03. The second kappa shape index (κ2) is 7.33. The summed E-state index contributed by atoms with van der Waals surface area (Å²) in [5, 5.41) is 3.19. The van der Waals surface area contributed by atoms with Crippen LogP contribution >= 0.6 is 15.9 Å². The molecule has 116 valence electrons. The summed E-state index contributed by atoms with van der Waals surface area (Å²) >= 11 is 3.37. The number of ether oxygens (including phenoxy) is 1. The predicted molar refractivity (Wildman–Crippen MR) is 82.5 cm³/mol. The topological polar surface area (TPSA) is 41.6 Å². The van der Waals surface area contributed by atoms with E-state index in [0.29, 0.717) is 25.3 Å². The van der Waals surface area contributed by atoms with Crippen molar-refractivity contribution in [2.24, 2.45) is 0 Å². The van der Waals surface area contributed by atoms with Crippen molar-refractivity contribution in [3.63, 3.8) is 0 Å². The van der Waals surface area contributed by atoms with Crippen LogP contribution < -0.4 is 5.32 Å². The van der Waals surface area contributed by atoms with Crippen LogP contribution in [0.4, 0.5) is 4.39 Å². The van der Waals surface area contributed by atoms with Crippen LogP contribution in [-0.2, 0) is 9.53 Å². The van der Waals surface area contributed by atoms with Crippen molar-refractivity contribution in [1.29, 1.82) is 0 Å². The number of carbonyl (C=O) groups is 1. The molecule has 0 spiro atoms. The van der Waals surface area contributed by atoms with E-state index in [0.717, 1.165) is 11.0 Å². The fourth-order valence-electron chi connectivity index (χ4n) is 2.65. The molecule has 4 nitrogen and oxygen atoms in total. The Labute approximate surface area is 132 Å². The van der Waals surface area contributed by atoms with Crippen LogP contribution in [0.5, 0.6) is 0 Å². The second-order valence-electron chi connectivity index (χ2n) is 5.05. The largest absolute Gasteiger partial charge is 0.465 e. The lowest BCUT2D eigenvalue weighted by Gasteiger charge is -2.38. The van der Waals surface area contributed by atoms with Crippen molar-refractivity contribution in [2.45, 2.75) is 25.9 Å². The van der Waals surface area contributed by atoms with Gasteiger partial charge in [0.1, 0.15) is 11.9 Å². The Bertz CT molecular complexity index is 512. The van der Waals surface area contributed by atoms with E-state index in [1.54, 1.807) is 19.1 Å². The fraction of sp³-hybridized carbons (Fsp3) is 0.533. The Morgan fingerprint density at radius 3 is 3.10 bits per heavy atom. The first-order chi connectivity index (χ1) is 10.0. The van der Waals surface area contributed by atoms with E-state index in [4.69, 9.17) is 4.74 Å². The quantitative estimate of drug-likeness (QED) is 0.839. The number of benzene rings is 1. The molecular formula is C15H20BrFN2O2. The number of carbonyl (C=O) groups excluding carboxylic acids is 1. The molecule has 6 heteroatoms. The van der Waals surface area contributed by atoms with Gasteiger partial charge in [-0.05, 0) is 32.0 Å². The maximum Gasteiger partial charge on any atom is 0.324 e. The van der Waals surface area contributed by atoms with E-state index in [-0.39, 0.29) is 23.9 Å². The SMILES string of the molecule is CCOC(=O)C1CNCCN1C(C)c1cc(Br)ccc1F. The molecule has 0 aliphatic carbocycles. The zero-order chi connectivity index (χ0) is 15.4. The van der Waals surface area contributed by atoms with Crippen LogP contribution in [0.1, 0.15) is 25.5 Å². The highest BCUT2D eigenvalue weighted by Crippen LogP contribution is 2.28. The van der Waals surface area contributed by atoms with Crippen LogP contribution in [-0.4, -0.2) is 43.2 Å². The summed E-state index contributed by atoms with van der Waals surface area (Å²) in [6, 6.07) is 4.31. The molecule has 1 aromatic carbocycles. The molecule has 1 aliphatic rings. The number of piperazine rings is 1. The number of esters is 1. The van der Waals surface area contributed by atoms with E-state index in [1.807, 2.05) is 11.8 Å². The molecule has 0 radical (unpaired) electrons. The highest BCUT2D eigenvalue weighted by atomic mass is 79.9. The standard InChI is InChI=1S/C15H20BrFN2O2/c1-3-21-15(20)14-9-18-6-7-19(14)10(2)12-8-11(16)4-5-13(12)17/h4-5,8,10,14,18H,3,6-7,9H2,1-2H3. The number of halogens is 2. The molecule has 1 fully saturated rings. The third-order valence-corrected chi connectivity index (χ3v) is 4.24. The second-order valence-corrected chi connectivity index (χ2v) is 5.97. The van der Waals surface area contributed by atoms with E-state index >= 15 is 0 Å². The number of hydrogen-bond acceptors (Lipinski definition) is 4. The van der Waals surface area contributed by atoms with Crippen molar-refractivity contribution in [2.75, 3.05) is 26.2 Å². The third-order valence-electron chi connectivity index (χ3n) is 3.75. The van der Waals surface area contributed by atoms with Crippen molar-refractivity contribution >= 4 is 21.9 Å². The van der Waals surface area contributed by atoms with Gasteiger partial charge in [-0.25, -0.2) is 4.39 Å². The summed E-state index contributed by atoms with van der Waals surface area (Å²) in [6.45, 7) is 6.03. The highest BCUT2D eigenvalue weighted by Gasteiger charge is 2.34. The first-order valence-electron chi connectivity index (χ1n) is 7.12. The van der Waals surface area contributed by atoms with Crippen LogP contribution in [0.25, 0.3) is 0 Å². The summed E-state index contributed by atoms with van der Waals surface area (Å²) in [5.41, 5.74) is 0.584. The Balaban J connectivity index is 2.23. The lowest BCUT2D eigenvalue weighted by molar-refractivity contribution is -0.151. The van der Waals surface area contributed by atoms with Gasteiger partial charge in [0.15, 0.2) is 0 Å². The van der Waals surface area contributed by atoms with E-state index in [9.17, 15) is 9.18 Å². The van der Waals surface area contributed by atoms with Gasteiger partial charge in [-0.2, -0.15) is 0 Å². The van der Waals surface area contributed by atoms with E-state index in [2.05, 4.69) is 21.2 Å². The normalized spacial score (nSPS) is 21.0. The molecule has 0 bridgehead atoms. The Morgan fingerprint density at radius 1 is 1.62 bits per heavy atom. The zero-order valence-corrected chi connectivity index (χ0v) is 13.8. The first-order valence-corrected chi connectivity index (χ1v) is 7.92. The highest BCUT2D eigenvalue weighted by molar-refractivity contribution is 9.10. The molecule has 0 amide bonds. The van der Waals surface area contributed by atoms with Crippen molar-refractivity contribution < 1.29 is 13.9 Å². The van der Waals surface area contributed by atoms with Crippen LogP contribution in [0.2, 0.25) is 0 Å². The molecule has 2 rings (SSSR count). The molecule has 0 saturated carbocycles. The van der Waals surface area contributed by atoms with Gasteiger partial charge in [0.25, 0.3) is 0 Å². The lowest BCUT2D eigenvalue weighted by Crippen LogP contribution is -2.56. The molecule has 0 aromatic heterocycles. The van der Waals surface area contributed by atoms with Crippen LogP contribution in [0.15, 0.2) is 22.7 Å². The number of nitrogens with one attached hydrogen (secondary N) is 1. The van der Waals surface area contributed by atoms with Crippen molar-refractivity contribution in [3.8, 4) is 0 Å². The Kier molecular flexibility index (Phi) is 5.72. The molecule has 2 unspecified atom stereocenters.